The van der Waals surface area contributed by atoms with Crippen LogP contribution in [-0.4, -0.2) is 17.9 Å². The van der Waals surface area contributed by atoms with Gasteiger partial charge in [0.2, 0.25) is 5.91 Å². The lowest BCUT2D eigenvalue weighted by Crippen LogP contribution is -2.30. The predicted octanol–water partition coefficient (Wildman–Crippen LogP) is 4.20. The molecule has 3 aromatic carbocycles. The molecule has 0 bridgehead atoms. The summed E-state index contributed by atoms with van der Waals surface area (Å²) in [6.07, 6.45) is -0.657. The fourth-order valence-electron chi connectivity index (χ4n) is 2.63. The molecule has 0 fully saturated rings. The highest BCUT2D eigenvalue weighted by molar-refractivity contribution is 5.95. The van der Waals surface area contributed by atoms with Crippen LogP contribution in [0.25, 0.3) is 10.8 Å². The summed E-state index contributed by atoms with van der Waals surface area (Å²) in [6, 6.07) is 20.6. The Morgan fingerprint density at radius 2 is 1.46 bits per heavy atom. The van der Waals surface area contributed by atoms with E-state index in [1.807, 2.05) is 42.5 Å². The Morgan fingerprint density at radius 1 is 0.846 bits per heavy atom. The van der Waals surface area contributed by atoms with Crippen LogP contribution in [0.3, 0.4) is 0 Å². The number of hydrogen-bond acceptors (Lipinski definition) is 3. The van der Waals surface area contributed by atoms with Gasteiger partial charge < -0.3 is 15.4 Å². The molecule has 0 spiro atoms. The first kappa shape index (κ1) is 17.5. The Bertz CT molecular complexity index is 930. The maximum atomic E-state index is 12.4. The summed E-state index contributed by atoms with van der Waals surface area (Å²) in [5.74, 6) is 0.288. The third kappa shape index (κ3) is 4.19. The zero-order chi connectivity index (χ0) is 18.5. The van der Waals surface area contributed by atoms with E-state index in [4.69, 9.17) is 4.74 Å². The second-order valence-corrected chi connectivity index (χ2v) is 5.99. The summed E-state index contributed by atoms with van der Waals surface area (Å²) >= 11 is 0. The Balaban J connectivity index is 1.67. The van der Waals surface area contributed by atoms with Crippen molar-refractivity contribution >= 4 is 34.0 Å². The molecule has 2 N–H and O–H groups in total. The molecule has 0 aliphatic heterocycles. The monoisotopic (exact) mass is 348 g/mol. The fraction of sp³-hybridized carbons (Fsp3) is 0.143. The van der Waals surface area contributed by atoms with Gasteiger partial charge in [-0.15, -0.1) is 0 Å². The SMILES string of the molecule is CC(=O)Nc1ccc(NC(=O)[C@H](C)Oc2cccc3ccccc23)cc1. The Labute approximate surface area is 152 Å². The van der Waals surface area contributed by atoms with E-state index < -0.39 is 6.10 Å². The lowest BCUT2D eigenvalue weighted by molar-refractivity contribution is -0.122. The quantitative estimate of drug-likeness (QED) is 0.726. The molecule has 0 heterocycles. The van der Waals surface area contributed by atoms with Crippen molar-refractivity contribution in [3.8, 4) is 5.75 Å². The van der Waals surface area contributed by atoms with E-state index in [1.165, 1.54) is 6.92 Å². The molecule has 5 heteroatoms. The summed E-state index contributed by atoms with van der Waals surface area (Å²) in [4.78, 5) is 23.4. The van der Waals surface area contributed by atoms with Crippen molar-refractivity contribution in [2.75, 3.05) is 10.6 Å². The normalized spacial score (nSPS) is 11.6. The van der Waals surface area contributed by atoms with Gasteiger partial charge in [0.25, 0.3) is 5.91 Å². The highest BCUT2D eigenvalue weighted by Gasteiger charge is 2.16. The number of carbonyl (C=O) groups is 2. The number of hydrogen-bond donors (Lipinski definition) is 2. The second-order valence-electron chi connectivity index (χ2n) is 5.99. The van der Waals surface area contributed by atoms with Gasteiger partial charge in [-0.2, -0.15) is 0 Å². The summed E-state index contributed by atoms with van der Waals surface area (Å²) in [6.45, 7) is 3.16. The molecule has 132 valence electrons. The summed E-state index contributed by atoms with van der Waals surface area (Å²) < 4.78 is 5.87. The van der Waals surface area contributed by atoms with Crippen molar-refractivity contribution in [1.29, 1.82) is 0 Å². The van der Waals surface area contributed by atoms with E-state index >= 15 is 0 Å². The first-order valence-corrected chi connectivity index (χ1v) is 8.36. The molecule has 0 saturated carbocycles. The lowest BCUT2D eigenvalue weighted by atomic mass is 10.1. The van der Waals surface area contributed by atoms with Gasteiger partial charge in [-0.3, -0.25) is 9.59 Å². The minimum atomic E-state index is -0.657. The number of rotatable bonds is 5. The Kier molecular flexibility index (Phi) is 5.17. The highest BCUT2D eigenvalue weighted by Crippen LogP contribution is 2.26. The highest BCUT2D eigenvalue weighted by atomic mass is 16.5. The van der Waals surface area contributed by atoms with Gasteiger partial charge in [0.15, 0.2) is 6.10 Å². The van der Waals surface area contributed by atoms with Crippen molar-refractivity contribution in [2.45, 2.75) is 20.0 Å². The number of ether oxygens (including phenoxy) is 1. The summed E-state index contributed by atoms with van der Waals surface area (Å²) in [7, 11) is 0. The first-order valence-electron chi connectivity index (χ1n) is 8.36. The van der Waals surface area contributed by atoms with Crippen LogP contribution >= 0.6 is 0 Å². The minimum absolute atomic E-state index is 0.140. The standard InChI is InChI=1S/C21H20N2O3/c1-14(26-20-9-5-7-16-6-3-4-8-19(16)20)21(25)23-18-12-10-17(11-13-18)22-15(2)24/h3-14H,1-2H3,(H,22,24)(H,23,25)/t14-/m0/s1. The number of fused-ring (bicyclic) bond motifs is 1. The summed E-state index contributed by atoms with van der Waals surface area (Å²) in [5, 5.41) is 7.52. The second kappa shape index (κ2) is 7.70. The Hall–Kier alpha value is -3.34. The van der Waals surface area contributed by atoms with Crippen molar-refractivity contribution in [2.24, 2.45) is 0 Å². The predicted molar refractivity (Wildman–Crippen MR) is 103 cm³/mol. The third-order valence-corrected chi connectivity index (χ3v) is 3.90. The molecule has 0 aliphatic carbocycles. The van der Waals surface area contributed by atoms with Crippen LogP contribution < -0.4 is 15.4 Å². The molecule has 0 unspecified atom stereocenters. The molecule has 0 aromatic heterocycles. The molecule has 5 nitrogen and oxygen atoms in total. The lowest BCUT2D eigenvalue weighted by Gasteiger charge is -2.16. The van der Waals surface area contributed by atoms with Crippen LogP contribution in [0.4, 0.5) is 11.4 Å². The third-order valence-electron chi connectivity index (χ3n) is 3.90. The van der Waals surface area contributed by atoms with Gasteiger partial charge in [-0.05, 0) is 42.6 Å². The minimum Gasteiger partial charge on any atom is -0.480 e. The van der Waals surface area contributed by atoms with Crippen LogP contribution in [0.1, 0.15) is 13.8 Å². The molecule has 0 aliphatic rings. The van der Waals surface area contributed by atoms with Gasteiger partial charge in [0.05, 0.1) is 0 Å². The fourth-order valence-corrected chi connectivity index (χ4v) is 2.63. The molecular formula is C21H20N2O3. The van der Waals surface area contributed by atoms with E-state index in [0.717, 1.165) is 10.8 Å². The van der Waals surface area contributed by atoms with Crippen molar-refractivity contribution in [1.82, 2.24) is 0 Å². The maximum Gasteiger partial charge on any atom is 0.265 e. The van der Waals surface area contributed by atoms with Crippen LogP contribution in [0.15, 0.2) is 66.7 Å². The van der Waals surface area contributed by atoms with Crippen LogP contribution in [0.5, 0.6) is 5.75 Å². The topological polar surface area (TPSA) is 67.4 Å². The number of nitrogens with one attached hydrogen (secondary N) is 2. The van der Waals surface area contributed by atoms with E-state index in [1.54, 1.807) is 31.2 Å². The molecular weight excluding hydrogens is 328 g/mol. The largest absolute Gasteiger partial charge is 0.480 e. The van der Waals surface area contributed by atoms with Gasteiger partial charge >= 0.3 is 0 Å². The number of benzene rings is 3. The van der Waals surface area contributed by atoms with Crippen LogP contribution in [0.2, 0.25) is 0 Å². The van der Waals surface area contributed by atoms with Crippen molar-refractivity contribution in [3.63, 3.8) is 0 Å². The maximum absolute atomic E-state index is 12.4. The number of anilines is 2. The van der Waals surface area contributed by atoms with Crippen LogP contribution in [-0.2, 0) is 9.59 Å². The van der Waals surface area contributed by atoms with E-state index in [0.29, 0.717) is 17.1 Å². The molecule has 1 atom stereocenters. The first-order chi connectivity index (χ1) is 12.5. The van der Waals surface area contributed by atoms with Crippen molar-refractivity contribution in [3.05, 3.63) is 66.7 Å². The molecule has 26 heavy (non-hydrogen) atoms. The summed E-state index contributed by atoms with van der Waals surface area (Å²) in [5.41, 5.74) is 1.31. The van der Waals surface area contributed by atoms with Gasteiger partial charge in [-0.1, -0.05) is 36.4 Å². The Morgan fingerprint density at radius 3 is 2.15 bits per heavy atom. The molecule has 3 rings (SSSR count). The number of carbonyl (C=O) groups excluding carboxylic acids is 2. The zero-order valence-electron chi connectivity index (χ0n) is 14.7. The average Bonchev–Trinajstić information content (AvgIpc) is 2.63. The molecule has 2 amide bonds. The van der Waals surface area contributed by atoms with E-state index in [2.05, 4.69) is 10.6 Å². The van der Waals surface area contributed by atoms with Crippen molar-refractivity contribution < 1.29 is 14.3 Å². The van der Waals surface area contributed by atoms with Gasteiger partial charge in [-0.25, -0.2) is 0 Å². The zero-order valence-corrected chi connectivity index (χ0v) is 14.7. The van der Waals surface area contributed by atoms with E-state index in [-0.39, 0.29) is 11.8 Å². The molecule has 3 aromatic rings. The average molecular weight is 348 g/mol. The number of amides is 2. The smallest absolute Gasteiger partial charge is 0.265 e. The van der Waals surface area contributed by atoms with Gasteiger partial charge in [0, 0.05) is 23.7 Å². The van der Waals surface area contributed by atoms with Crippen LogP contribution in [0, 0.1) is 0 Å². The van der Waals surface area contributed by atoms with Gasteiger partial charge in [0.1, 0.15) is 5.75 Å². The van der Waals surface area contributed by atoms with E-state index in [9.17, 15) is 9.59 Å². The molecule has 0 radical (unpaired) electrons. The molecule has 0 saturated heterocycles.